The van der Waals surface area contributed by atoms with E-state index in [0.717, 1.165) is 18.9 Å². The molecule has 106 valence electrons. The molecule has 0 aromatic heterocycles. The molecule has 0 radical (unpaired) electrons. The highest BCUT2D eigenvalue weighted by atomic mass is 19.2. The number of hydrazine groups is 1. The van der Waals surface area contributed by atoms with Crippen LogP contribution in [0.25, 0.3) is 0 Å². The predicted molar refractivity (Wildman–Crippen MR) is 69.3 cm³/mol. The normalized spacial score (nSPS) is 18.3. The van der Waals surface area contributed by atoms with Gasteiger partial charge in [0, 0.05) is 6.61 Å². The molecule has 0 spiro atoms. The van der Waals surface area contributed by atoms with Gasteiger partial charge in [-0.3, -0.25) is 11.3 Å². The quantitative estimate of drug-likeness (QED) is 0.589. The molecule has 1 aromatic rings. The van der Waals surface area contributed by atoms with Gasteiger partial charge in [-0.25, -0.2) is 8.78 Å². The summed E-state index contributed by atoms with van der Waals surface area (Å²) in [7, 11) is 0. The largest absolute Gasteiger partial charge is 0.377 e. The van der Waals surface area contributed by atoms with Gasteiger partial charge in [-0.05, 0) is 43.7 Å². The highest BCUT2D eigenvalue weighted by molar-refractivity contribution is 5.20. The first-order valence-electron chi connectivity index (χ1n) is 6.68. The zero-order valence-electron chi connectivity index (χ0n) is 11.0. The third kappa shape index (κ3) is 3.49. The van der Waals surface area contributed by atoms with Gasteiger partial charge < -0.3 is 4.74 Å². The molecule has 2 atom stereocenters. The Morgan fingerprint density at radius 1 is 1.42 bits per heavy atom. The molecule has 3 nitrogen and oxygen atoms in total. The SMILES string of the molecule is CCOC(C1CC1)C(Cc1cccc(F)c1F)NN. The maximum absolute atomic E-state index is 13.7. The van der Waals surface area contributed by atoms with Crippen LogP contribution < -0.4 is 11.3 Å². The van der Waals surface area contributed by atoms with Crippen molar-refractivity contribution < 1.29 is 13.5 Å². The molecule has 1 aromatic carbocycles. The second-order valence-corrected chi connectivity index (χ2v) is 4.95. The summed E-state index contributed by atoms with van der Waals surface area (Å²) in [4.78, 5) is 0. The van der Waals surface area contributed by atoms with Crippen LogP contribution in [-0.4, -0.2) is 18.8 Å². The van der Waals surface area contributed by atoms with Gasteiger partial charge in [0.2, 0.25) is 0 Å². The van der Waals surface area contributed by atoms with Crippen LogP contribution in [0.3, 0.4) is 0 Å². The highest BCUT2D eigenvalue weighted by Crippen LogP contribution is 2.36. The lowest BCUT2D eigenvalue weighted by Gasteiger charge is -2.26. The summed E-state index contributed by atoms with van der Waals surface area (Å²) in [5, 5.41) is 0. The third-order valence-corrected chi connectivity index (χ3v) is 3.53. The lowest BCUT2D eigenvalue weighted by Crippen LogP contribution is -2.47. The molecule has 2 rings (SSSR count). The maximum Gasteiger partial charge on any atom is 0.162 e. The fourth-order valence-corrected chi connectivity index (χ4v) is 2.41. The topological polar surface area (TPSA) is 47.3 Å². The Labute approximate surface area is 112 Å². The Hall–Kier alpha value is -1.04. The first kappa shape index (κ1) is 14.4. The zero-order valence-corrected chi connectivity index (χ0v) is 11.0. The molecule has 5 heteroatoms. The van der Waals surface area contributed by atoms with E-state index < -0.39 is 11.6 Å². The fourth-order valence-electron chi connectivity index (χ4n) is 2.41. The summed E-state index contributed by atoms with van der Waals surface area (Å²) in [6, 6.07) is 4.00. The fraction of sp³-hybridized carbons (Fsp3) is 0.571. The molecule has 1 fully saturated rings. The first-order valence-corrected chi connectivity index (χ1v) is 6.68. The molecule has 0 bridgehead atoms. The van der Waals surface area contributed by atoms with Crippen molar-refractivity contribution in [3.05, 3.63) is 35.4 Å². The number of ether oxygens (including phenoxy) is 1. The molecule has 1 aliphatic carbocycles. The van der Waals surface area contributed by atoms with E-state index in [9.17, 15) is 8.78 Å². The van der Waals surface area contributed by atoms with Crippen LogP contribution in [0, 0.1) is 17.6 Å². The standard InChI is InChI=1S/C14H20F2N2O/c1-2-19-14(9-6-7-9)12(18-17)8-10-4-3-5-11(15)13(10)16/h3-5,9,12,14,18H,2,6-8,17H2,1H3. The molecule has 0 amide bonds. The van der Waals surface area contributed by atoms with E-state index in [1.54, 1.807) is 6.07 Å². The van der Waals surface area contributed by atoms with Crippen LogP contribution in [0.2, 0.25) is 0 Å². The lowest BCUT2D eigenvalue weighted by molar-refractivity contribution is 0.0190. The van der Waals surface area contributed by atoms with Gasteiger partial charge in [-0.15, -0.1) is 0 Å². The number of nitrogens with two attached hydrogens (primary N) is 1. The monoisotopic (exact) mass is 270 g/mol. The second kappa shape index (κ2) is 6.41. The van der Waals surface area contributed by atoms with Crippen LogP contribution in [-0.2, 0) is 11.2 Å². The van der Waals surface area contributed by atoms with Crippen molar-refractivity contribution in [2.75, 3.05) is 6.61 Å². The van der Waals surface area contributed by atoms with Gasteiger partial charge in [-0.2, -0.15) is 0 Å². The van der Waals surface area contributed by atoms with Crippen LogP contribution >= 0.6 is 0 Å². The average molecular weight is 270 g/mol. The first-order chi connectivity index (χ1) is 9.17. The molecular weight excluding hydrogens is 250 g/mol. The Bertz CT molecular complexity index is 424. The maximum atomic E-state index is 13.7. The minimum Gasteiger partial charge on any atom is -0.377 e. The summed E-state index contributed by atoms with van der Waals surface area (Å²) >= 11 is 0. The highest BCUT2D eigenvalue weighted by Gasteiger charge is 2.37. The van der Waals surface area contributed by atoms with Crippen molar-refractivity contribution >= 4 is 0 Å². The second-order valence-electron chi connectivity index (χ2n) is 4.95. The number of benzene rings is 1. The van der Waals surface area contributed by atoms with E-state index >= 15 is 0 Å². The number of hydrogen-bond acceptors (Lipinski definition) is 3. The molecule has 3 N–H and O–H groups in total. The van der Waals surface area contributed by atoms with Gasteiger partial charge in [0.1, 0.15) is 0 Å². The van der Waals surface area contributed by atoms with Crippen molar-refractivity contribution in [3.63, 3.8) is 0 Å². The summed E-state index contributed by atoms with van der Waals surface area (Å²) in [6.45, 7) is 2.51. The Morgan fingerprint density at radius 3 is 2.74 bits per heavy atom. The van der Waals surface area contributed by atoms with E-state index in [4.69, 9.17) is 10.6 Å². The molecule has 2 unspecified atom stereocenters. The number of hydrogen-bond donors (Lipinski definition) is 2. The summed E-state index contributed by atoms with van der Waals surface area (Å²) < 4.78 is 32.6. The minimum absolute atomic E-state index is 0.0438. The van der Waals surface area contributed by atoms with E-state index in [0.29, 0.717) is 24.5 Å². The van der Waals surface area contributed by atoms with Gasteiger partial charge in [-0.1, -0.05) is 12.1 Å². The molecule has 0 heterocycles. The third-order valence-electron chi connectivity index (χ3n) is 3.53. The molecule has 0 aliphatic heterocycles. The van der Waals surface area contributed by atoms with Crippen LogP contribution in [0.1, 0.15) is 25.3 Å². The number of nitrogens with one attached hydrogen (secondary N) is 1. The van der Waals surface area contributed by atoms with E-state index in [1.165, 1.54) is 6.07 Å². The average Bonchev–Trinajstić information content (AvgIpc) is 3.23. The van der Waals surface area contributed by atoms with Gasteiger partial charge >= 0.3 is 0 Å². The van der Waals surface area contributed by atoms with Gasteiger partial charge in [0.15, 0.2) is 11.6 Å². The van der Waals surface area contributed by atoms with Crippen LogP contribution in [0.15, 0.2) is 18.2 Å². The minimum atomic E-state index is -0.826. The van der Waals surface area contributed by atoms with Crippen molar-refractivity contribution in [2.24, 2.45) is 11.8 Å². The van der Waals surface area contributed by atoms with Crippen LogP contribution in [0.4, 0.5) is 8.78 Å². The van der Waals surface area contributed by atoms with Crippen molar-refractivity contribution in [3.8, 4) is 0 Å². The summed E-state index contributed by atoms with van der Waals surface area (Å²) in [6.07, 6.45) is 2.49. The Balaban J connectivity index is 2.10. The van der Waals surface area contributed by atoms with E-state index in [-0.39, 0.29) is 12.1 Å². The zero-order chi connectivity index (χ0) is 13.8. The number of halogens is 2. The van der Waals surface area contributed by atoms with Crippen molar-refractivity contribution in [1.29, 1.82) is 0 Å². The van der Waals surface area contributed by atoms with E-state index in [1.807, 2.05) is 6.92 Å². The van der Waals surface area contributed by atoms with E-state index in [2.05, 4.69) is 5.43 Å². The smallest absolute Gasteiger partial charge is 0.162 e. The Morgan fingerprint density at radius 2 is 2.16 bits per heavy atom. The Kier molecular flexibility index (Phi) is 4.85. The molecule has 1 aliphatic rings. The summed E-state index contributed by atoms with van der Waals surface area (Å²) in [5.74, 6) is 4.41. The van der Waals surface area contributed by atoms with Gasteiger partial charge in [0.05, 0.1) is 12.1 Å². The molecule has 0 saturated heterocycles. The van der Waals surface area contributed by atoms with Crippen molar-refractivity contribution in [2.45, 2.75) is 38.3 Å². The van der Waals surface area contributed by atoms with Crippen LogP contribution in [0.5, 0.6) is 0 Å². The predicted octanol–water partition coefficient (Wildman–Crippen LogP) is 2.15. The number of rotatable bonds is 7. The summed E-state index contributed by atoms with van der Waals surface area (Å²) in [5.41, 5.74) is 3.02. The van der Waals surface area contributed by atoms with Crippen molar-refractivity contribution in [1.82, 2.24) is 5.43 Å². The molecular formula is C14H20F2N2O. The lowest BCUT2D eigenvalue weighted by atomic mass is 9.98. The molecule has 19 heavy (non-hydrogen) atoms. The van der Waals surface area contributed by atoms with Gasteiger partial charge in [0.25, 0.3) is 0 Å². The molecule has 1 saturated carbocycles.